The first-order chi connectivity index (χ1) is 13.0. The number of anilines is 2. The fourth-order valence-corrected chi connectivity index (χ4v) is 4.20. The summed E-state index contributed by atoms with van der Waals surface area (Å²) in [4.78, 5) is 18.7. The van der Waals surface area contributed by atoms with Gasteiger partial charge in [0.2, 0.25) is 0 Å². The van der Waals surface area contributed by atoms with E-state index in [0.717, 1.165) is 17.9 Å². The summed E-state index contributed by atoms with van der Waals surface area (Å²) in [7, 11) is 1.76. The number of rotatable bonds is 4. The molecule has 0 fully saturated rings. The summed E-state index contributed by atoms with van der Waals surface area (Å²) in [6, 6.07) is 0.986. The molecular formula is C15H15BrF4N4O3S. The van der Waals surface area contributed by atoms with Crippen LogP contribution < -0.4 is 20.5 Å². The standard InChI is InChI=1S/C15H15BrF4N4O3S/c1-3-28-12-10(23-13(16)24(12)2)11(25)22-7-5-9-8(4-6(7)21)26-14(17,18)15(19,20)27-9/h4-5,10,12H,3,21H2,1-2H3,(H,22,25). The van der Waals surface area contributed by atoms with Crippen LogP contribution in [0.5, 0.6) is 11.5 Å². The van der Waals surface area contributed by atoms with Crippen molar-refractivity contribution < 1.29 is 31.8 Å². The van der Waals surface area contributed by atoms with E-state index in [1.165, 1.54) is 11.8 Å². The van der Waals surface area contributed by atoms with Gasteiger partial charge in [-0.15, -0.1) is 11.8 Å². The predicted molar refractivity (Wildman–Crippen MR) is 100 cm³/mol. The maximum Gasteiger partial charge on any atom is 0.507 e. The van der Waals surface area contributed by atoms with Crippen LogP contribution in [-0.2, 0) is 4.79 Å². The van der Waals surface area contributed by atoms with Gasteiger partial charge >= 0.3 is 12.2 Å². The van der Waals surface area contributed by atoms with E-state index in [-0.39, 0.29) is 16.7 Å². The first kappa shape index (κ1) is 20.8. The van der Waals surface area contributed by atoms with Gasteiger partial charge in [0.25, 0.3) is 5.91 Å². The molecule has 13 heteroatoms. The Hall–Kier alpha value is -1.89. The van der Waals surface area contributed by atoms with Crippen molar-refractivity contribution in [1.82, 2.24) is 4.90 Å². The summed E-state index contributed by atoms with van der Waals surface area (Å²) in [6.07, 6.45) is -9.72. The molecule has 3 rings (SSSR count). The number of nitrogens with one attached hydrogen (secondary N) is 1. The average Bonchev–Trinajstić information content (AvgIpc) is 2.86. The quantitative estimate of drug-likeness (QED) is 0.385. The molecule has 0 saturated heterocycles. The third-order valence-electron chi connectivity index (χ3n) is 3.98. The molecule has 0 radical (unpaired) electrons. The van der Waals surface area contributed by atoms with Gasteiger partial charge in [0.15, 0.2) is 22.3 Å². The lowest BCUT2D eigenvalue weighted by Crippen LogP contribution is -2.52. The normalized spacial score (nSPS) is 24.7. The second kappa shape index (κ2) is 7.17. The Labute approximate surface area is 169 Å². The van der Waals surface area contributed by atoms with Crippen LogP contribution in [0.4, 0.5) is 28.9 Å². The monoisotopic (exact) mass is 486 g/mol. The molecule has 1 amide bonds. The molecule has 2 heterocycles. The fourth-order valence-electron chi connectivity index (χ4n) is 2.59. The van der Waals surface area contributed by atoms with E-state index in [1.54, 1.807) is 11.9 Å². The molecule has 2 aliphatic heterocycles. The third kappa shape index (κ3) is 3.56. The topological polar surface area (TPSA) is 89.2 Å². The minimum atomic E-state index is -4.87. The number of nitrogen functional groups attached to an aromatic ring is 1. The Kier molecular flexibility index (Phi) is 5.34. The highest BCUT2D eigenvalue weighted by atomic mass is 79.9. The number of nitrogens with two attached hydrogens (primary N) is 1. The number of aliphatic imine (C=N–C) groups is 1. The van der Waals surface area contributed by atoms with E-state index in [4.69, 9.17) is 5.73 Å². The summed E-state index contributed by atoms with van der Waals surface area (Å²) in [5.41, 5.74) is 5.50. The van der Waals surface area contributed by atoms with E-state index in [0.29, 0.717) is 4.74 Å². The van der Waals surface area contributed by atoms with E-state index >= 15 is 0 Å². The summed E-state index contributed by atoms with van der Waals surface area (Å²) < 4.78 is 61.8. The summed E-state index contributed by atoms with van der Waals surface area (Å²) in [5, 5.41) is 2.19. The molecule has 2 unspecified atom stereocenters. The molecule has 154 valence electrons. The highest BCUT2D eigenvalue weighted by Gasteiger charge is 2.66. The maximum atomic E-state index is 13.4. The lowest BCUT2D eigenvalue weighted by molar-refractivity contribution is -0.391. The van der Waals surface area contributed by atoms with Gasteiger partial charge in [-0.2, -0.15) is 17.6 Å². The number of carbonyl (C=O) groups is 1. The molecule has 0 saturated carbocycles. The number of likely N-dealkylation sites (N-methyl/N-ethyl adjacent to an activating group) is 1. The van der Waals surface area contributed by atoms with Crippen LogP contribution >= 0.6 is 27.7 Å². The number of fused-ring (bicyclic) bond motifs is 1. The van der Waals surface area contributed by atoms with Gasteiger partial charge < -0.3 is 25.4 Å². The van der Waals surface area contributed by atoms with Gasteiger partial charge in [0.05, 0.1) is 11.4 Å². The van der Waals surface area contributed by atoms with E-state index in [1.807, 2.05) is 6.92 Å². The Bertz CT molecular complexity index is 842. The van der Waals surface area contributed by atoms with Crippen LogP contribution in [0.2, 0.25) is 0 Å². The third-order valence-corrected chi connectivity index (χ3v) is 6.00. The largest absolute Gasteiger partial charge is 0.507 e. The number of amides is 1. The number of alkyl halides is 4. The molecule has 1 aromatic rings. The Morgan fingerprint density at radius 1 is 1.32 bits per heavy atom. The highest BCUT2D eigenvalue weighted by Crippen LogP contribution is 2.49. The molecule has 0 bridgehead atoms. The zero-order valence-corrected chi connectivity index (χ0v) is 16.9. The smallest absolute Gasteiger partial charge is 0.421 e. The molecule has 28 heavy (non-hydrogen) atoms. The SMILES string of the molecule is CCSC1C(C(=O)Nc2cc3c(cc2N)OC(F)(F)C(F)(F)O3)N=C(Br)N1C. The molecule has 0 aromatic heterocycles. The number of nitrogens with zero attached hydrogens (tertiary/aromatic N) is 2. The van der Waals surface area contributed by atoms with Gasteiger partial charge in [-0.3, -0.25) is 4.79 Å². The van der Waals surface area contributed by atoms with Crippen molar-refractivity contribution in [2.24, 2.45) is 4.99 Å². The van der Waals surface area contributed by atoms with Crippen molar-refractivity contribution in [2.45, 2.75) is 30.6 Å². The van der Waals surface area contributed by atoms with E-state index in [2.05, 4.69) is 35.7 Å². The zero-order valence-electron chi connectivity index (χ0n) is 14.5. The van der Waals surface area contributed by atoms with Gasteiger partial charge in [0, 0.05) is 19.2 Å². The molecule has 0 aliphatic carbocycles. The summed E-state index contributed by atoms with van der Waals surface area (Å²) >= 11 is 4.75. The van der Waals surface area contributed by atoms with Crippen molar-refractivity contribution in [3.63, 3.8) is 0 Å². The minimum Gasteiger partial charge on any atom is -0.421 e. The molecular weight excluding hydrogens is 472 g/mol. The number of carbonyl (C=O) groups excluding carboxylic acids is 1. The van der Waals surface area contributed by atoms with Crippen LogP contribution in [0.1, 0.15) is 6.92 Å². The number of hydrogen-bond acceptors (Lipinski definition) is 7. The van der Waals surface area contributed by atoms with E-state index < -0.39 is 35.7 Å². The predicted octanol–water partition coefficient (Wildman–Crippen LogP) is 3.31. The number of ether oxygens (including phenoxy) is 2. The van der Waals surface area contributed by atoms with Crippen LogP contribution in [0.25, 0.3) is 0 Å². The molecule has 7 nitrogen and oxygen atoms in total. The number of halogens is 5. The second-order valence-corrected chi connectivity index (χ2v) is 8.02. The fraction of sp³-hybridized carbons (Fsp3) is 0.467. The van der Waals surface area contributed by atoms with Crippen molar-refractivity contribution in [3.8, 4) is 11.5 Å². The lowest BCUT2D eigenvalue weighted by Gasteiger charge is -2.32. The number of thioether (sulfide) groups is 1. The van der Waals surface area contributed by atoms with Crippen LogP contribution in [0.3, 0.4) is 0 Å². The summed E-state index contributed by atoms with van der Waals surface area (Å²) in [5.74, 6) is -1.16. The Morgan fingerprint density at radius 2 is 1.89 bits per heavy atom. The van der Waals surface area contributed by atoms with Crippen molar-refractivity contribution in [1.29, 1.82) is 0 Å². The van der Waals surface area contributed by atoms with Gasteiger partial charge in [0.1, 0.15) is 5.37 Å². The van der Waals surface area contributed by atoms with Crippen LogP contribution in [0.15, 0.2) is 17.1 Å². The molecule has 3 N–H and O–H groups in total. The second-order valence-electron chi connectivity index (χ2n) is 5.91. The van der Waals surface area contributed by atoms with E-state index in [9.17, 15) is 22.4 Å². The van der Waals surface area contributed by atoms with Crippen LogP contribution in [0, 0.1) is 0 Å². The van der Waals surface area contributed by atoms with Crippen LogP contribution in [-0.4, -0.2) is 52.0 Å². The minimum absolute atomic E-state index is 0.0884. The Morgan fingerprint density at radius 3 is 2.46 bits per heavy atom. The lowest BCUT2D eigenvalue weighted by atomic mass is 10.2. The number of hydrogen-bond donors (Lipinski definition) is 2. The molecule has 2 atom stereocenters. The van der Waals surface area contributed by atoms with Crippen molar-refractivity contribution in [2.75, 3.05) is 23.9 Å². The number of amidine groups is 1. The maximum absolute atomic E-state index is 13.4. The Balaban J connectivity index is 1.85. The molecule has 0 spiro atoms. The number of benzene rings is 1. The highest BCUT2D eigenvalue weighted by molar-refractivity contribution is 9.18. The first-order valence-electron chi connectivity index (χ1n) is 7.92. The van der Waals surface area contributed by atoms with Crippen molar-refractivity contribution in [3.05, 3.63) is 12.1 Å². The van der Waals surface area contributed by atoms with Gasteiger partial charge in [-0.25, -0.2) is 4.99 Å². The summed E-state index contributed by atoms with van der Waals surface area (Å²) in [6.45, 7) is 1.93. The van der Waals surface area contributed by atoms with Gasteiger partial charge in [-0.05, 0) is 21.7 Å². The van der Waals surface area contributed by atoms with Gasteiger partial charge in [-0.1, -0.05) is 6.92 Å². The molecule has 2 aliphatic rings. The molecule has 1 aromatic carbocycles. The average molecular weight is 487 g/mol. The van der Waals surface area contributed by atoms with Crippen molar-refractivity contribution >= 4 is 49.7 Å². The zero-order chi connectivity index (χ0) is 20.9. The first-order valence-corrected chi connectivity index (χ1v) is 9.76.